The minimum atomic E-state index is -0.465. The summed E-state index contributed by atoms with van der Waals surface area (Å²) in [7, 11) is 0. The standard InChI is InChI=1S/C32H33NO6/c1-7-37-31(36)22-10-14-24(15-11-22)33-27(34)18-38-30-28(35)25-16-19(2)20(3)17-26(25)39-29(30)21-8-12-23(13-9-21)32(4,5)6/h8-17H,7,18H2,1-6H3,(H,33,34). The Morgan fingerprint density at radius 1 is 0.923 bits per heavy atom. The van der Waals surface area contributed by atoms with Crippen LogP contribution in [-0.2, 0) is 14.9 Å². The Kier molecular flexibility index (Phi) is 7.90. The summed E-state index contributed by atoms with van der Waals surface area (Å²) in [6.07, 6.45) is 0. The second-order valence-corrected chi connectivity index (χ2v) is 10.5. The van der Waals surface area contributed by atoms with Gasteiger partial charge in [0.15, 0.2) is 12.4 Å². The molecule has 0 aliphatic rings. The molecule has 0 aliphatic carbocycles. The molecule has 0 radical (unpaired) electrons. The van der Waals surface area contributed by atoms with Crippen LogP contribution in [0, 0.1) is 13.8 Å². The lowest BCUT2D eigenvalue weighted by molar-refractivity contribution is -0.118. The van der Waals surface area contributed by atoms with Crippen molar-refractivity contribution in [3.05, 3.63) is 93.1 Å². The minimum absolute atomic E-state index is 0.0259. The molecule has 0 bridgehead atoms. The smallest absolute Gasteiger partial charge is 0.338 e. The first-order chi connectivity index (χ1) is 18.5. The molecule has 1 amide bonds. The summed E-state index contributed by atoms with van der Waals surface area (Å²) in [5.41, 5.74) is 4.69. The lowest BCUT2D eigenvalue weighted by Gasteiger charge is -2.19. The predicted octanol–water partition coefficient (Wildman–Crippen LogP) is 6.57. The van der Waals surface area contributed by atoms with E-state index in [-0.39, 0.29) is 29.0 Å². The van der Waals surface area contributed by atoms with Crippen LogP contribution in [0.25, 0.3) is 22.3 Å². The van der Waals surface area contributed by atoms with Crippen molar-refractivity contribution in [1.29, 1.82) is 0 Å². The second kappa shape index (κ2) is 11.2. The molecule has 4 aromatic rings. The molecule has 0 fully saturated rings. The molecule has 0 atom stereocenters. The number of carbonyl (C=O) groups excluding carboxylic acids is 2. The lowest BCUT2D eigenvalue weighted by atomic mass is 9.86. The van der Waals surface area contributed by atoms with Crippen LogP contribution in [0.15, 0.2) is 69.9 Å². The highest BCUT2D eigenvalue weighted by Crippen LogP contribution is 2.33. The molecule has 1 aromatic heterocycles. The summed E-state index contributed by atoms with van der Waals surface area (Å²) < 4.78 is 17.0. The molecule has 1 N–H and O–H groups in total. The number of anilines is 1. The summed E-state index contributed by atoms with van der Waals surface area (Å²) in [5.74, 6) is -0.660. The van der Waals surface area contributed by atoms with Crippen LogP contribution in [0.5, 0.6) is 5.75 Å². The number of nitrogens with one attached hydrogen (secondary N) is 1. The Labute approximate surface area is 227 Å². The molecular formula is C32H33NO6. The molecule has 0 spiro atoms. The number of fused-ring (bicyclic) bond motifs is 1. The van der Waals surface area contributed by atoms with E-state index in [0.717, 1.165) is 16.7 Å². The first-order valence-electron chi connectivity index (χ1n) is 12.9. The molecule has 0 saturated carbocycles. The van der Waals surface area contributed by atoms with E-state index in [2.05, 4.69) is 26.1 Å². The van der Waals surface area contributed by atoms with Gasteiger partial charge < -0.3 is 19.2 Å². The second-order valence-electron chi connectivity index (χ2n) is 10.5. The predicted molar refractivity (Wildman–Crippen MR) is 153 cm³/mol. The monoisotopic (exact) mass is 527 g/mol. The zero-order valence-corrected chi connectivity index (χ0v) is 23.1. The third kappa shape index (κ3) is 6.20. The number of hydrogen-bond donors (Lipinski definition) is 1. The fourth-order valence-electron chi connectivity index (χ4n) is 4.11. The highest BCUT2D eigenvalue weighted by atomic mass is 16.5. The summed E-state index contributed by atoms with van der Waals surface area (Å²) >= 11 is 0. The zero-order valence-electron chi connectivity index (χ0n) is 23.1. The largest absolute Gasteiger partial charge is 0.476 e. The Balaban J connectivity index is 1.63. The Bertz CT molecular complexity index is 1580. The van der Waals surface area contributed by atoms with E-state index in [1.54, 1.807) is 37.3 Å². The SMILES string of the molecule is CCOC(=O)c1ccc(NC(=O)COc2c(-c3ccc(C(C)(C)C)cc3)oc3cc(C)c(C)cc3c2=O)cc1. The van der Waals surface area contributed by atoms with Crippen LogP contribution in [-0.4, -0.2) is 25.1 Å². The molecule has 0 unspecified atom stereocenters. The molecule has 4 rings (SSSR count). The van der Waals surface area contributed by atoms with E-state index in [0.29, 0.717) is 27.8 Å². The molecular weight excluding hydrogens is 494 g/mol. The summed E-state index contributed by atoms with van der Waals surface area (Å²) in [6, 6.07) is 17.7. The van der Waals surface area contributed by atoms with Crippen LogP contribution in [0.1, 0.15) is 54.7 Å². The Morgan fingerprint density at radius 3 is 2.18 bits per heavy atom. The molecule has 202 valence electrons. The third-order valence-electron chi connectivity index (χ3n) is 6.51. The van der Waals surface area contributed by atoms with E-state index in [1.807, 2.05) is 44.2 Å². The summed E-state index contributed by atoms with van der Waals surface area (Å²) in [5, 5.41) is 3.11. The fourth-order valence-corrected chi connectivity index (χ4v) is 4.11. The third-order valence-corrected chi connectivity index (χ3v) is 6.51. The van der Waals surface area contributed by atoms with Gasteiger partial charge in [-0.2, -0.15) is 0 Å². The molecule has 0 aliphatic heterocycles. The molecule has 1 heterocycles. The fraction of sp³-hybridized carbons (Fsp3) is 0.281. The number of benzene rings is 3. The van der Waals surface area contributed by atoms with Gasteiger partial charge in [-0.25, -0.2) is 4.79 Å². The van der Waals surface area contributed by atoms with Gasteiger partial charge in [0.05, 0.1) is 17.6 Å². The van der Waals surface area contributed by atoms with Crippen molar-refractivity contribution in [2.45, 2.75) is 47.0 Å². The van der Waals surface area contributed by atoms with E-state index in [9.17, 15) is 14.4 Å². The minimum Gasteiger partial charge on any atom is -0.476 e. The molecule has 39 heavy (non-hydrogen) atoms. The number of amides is 1. The zero-order chi connectivity index (χ0) is 28.3. The van der Waals surface area contributed by atoms with Gasteiger partial charge in [0, 0.05) is 11.3 Å². The lowest BCUT2D eigenvalue weighted by Crippen LogP contribution is -2.22. The maximum Gasteiger partial charge on any atom is 0.338 e. The average Bonchev–Trinajstić information content (AvgIpc) is 2.89. The Hall–Kier alpha value is -4.39. The highest BCUT2D eigenvalue weighted by Gasteiger charge is 2.21. The Morgan fingerprint density at radius 2 is 1.56 bits per heavy atom. The van der Waals surface area contributed by atoms with Crippen molar-refractivity contribution in [3.63, 3.8) is 0 Å². The van der Waals surface area contributed by atoms with Gasteiger partial charge in [-0.1, -0.05) is 45.0 Å². The van der Waals surface area contributed by atoms with Crippen LogP contribution in [0.2, 0.25) is 0 Å². The van der Waals surface area contributed by atoms with Crippen LogP contribution < -0.4 is 15.5 Å². The van der Waals surface area contributed by atoms with Crippen molar-refractivity contribution in [1.82, 2.24) is 0 Å². The van der Waals surface area contributed by atoms with Gasteiger partial charge in [-0.05, 0) is 79.3 Å². The maximum atomic E-state index is 13.6. The number of rotatable bonds is 7. The van der Waals surface area contributed by atoms with E-state index in [1.165, 1.54) is 0 Å². The first-order valence-corrected chi connectivity index (χ1v) is 12.9. The van der Waals surface area contributed by atoms with E-state index >= 15 is 0 Å². The molecule has 3 aromatic carbocycles. The van der Waals surface area contributed by atoms with Crippen molar-refractivity contribution in [2.75, 3.05) is 18.5 Å². The topological polar surface area (TPSA) is 94.8 Å². The molecule has 0 saturated heterocycles. The van der Waals surface area contributed by atoms with Gasteiger partial charge in [0.1, 0.15) is 5.58 Å². The van der Waals surface area contributed by atoms with Gasteiger partial charge in [-0.3, -0.25) is 9.59 Å². The van der Waals surface area contributed by atoms with Gasteiger partial charge in [0.2, 0.25) is 11.2 Å². The van der Waals surface area contributed by atoms with Crippen molar-refractivity contribution >= 4 is 28.5 Å². The number of carbonyl (C=O) groups is 2. The van der Waals surface area contributed by atoms with Gasteiger partial charge in [-0.15, -0.1) is 0 Å². The maximum absolute atomic E-state index is 13.6. The van der Waals surface area contributed by atoms with Crippen molar-refractivity contribution < 1.29 is 23.5 Å². The van der Waals surface area contributed by atoms with Gasteiger partial charge >= 0.3 is 5.97 Å². The van der Waals surface area contributed by atoms with Crippen LogP contribution in [0.4, 0.5) is 5.69 Å². The van der Waals surface area contributed by atoms with Crippen LogP contribution >= 0.6 is 0 Å². The number of aryl methyl sites for hydroxylation is 2. The van der Waals surface area contributed by atoms with Crippen LogP contribution in [0.3, 0.4) is 0 Å². The highest BCUT2D eigenvalue weighted by molar-refractivity contribution is 5.94. The van der Waals surface area contributed by atoms with E-state index in [4.69, 9.17) is 13.9 Å². The van der Waals surface area contributed by atoms with E-state index < -0.39 is 18.5 Å². The average molecular weight is 528 g/mol. The molecule has 7 heteroatoms. The quantitative estimate of drug-likeness (QED) is 0.273. The summed E-state index contributed by atoms with van der Waals surface area (Å²) in [6.45, 7) is 11.9. The molecule has 7 nitrogen and oxygen atoms in total. The number of hydrogen-bond acceptors (Lipinski definition) is 6. The van der Waals surface area contributed by atoms with Crippen molar-refractivity contribution in [3.8, 4) is 17.1 Å². The number of ether oxygens (including phenoxy) is 2. The number of esters is 1. The van der Waals surface area contributed by atoms with Gasteiger partial charge in [0.25, 0.3) is 5.91 Å². The first kappa shape index (κ1) is 27.6. The normalized spacial score (nSPS) is 11.3. The van der Waals surface area contributed by atoms with Crippen molar-refractivity contribution in [2.24, 2.45) is 0 Å². The summed E-state index contributed by atoms with van der Waals surface area (Å²) in [4.78, 5) is 38.2.